The predicted octanol–water partition coefficient (Wildman–Crippen LogP) is 2.68. The number of amides is 3. The van der Waals surface area contributed by atoms with Crippen LogP contribution in [-0.2, 0) is 0 Å². The van der Waals surface area contributed by atoms with Crippen LogP contribution in [0.2, 0.25) is 0 Å². The van der Waals surface area contributed by atoms with E-state index in [0.29, 0.717) is 49.3 Å². The van der Waals surface area contributed by atoms with Gasteiger partial charge in [0, 0.05) is 31.9 Å². The Morgan fingerprint density at radius 2 is 1.66 bits per heavy atom. The molecule has 1 aliphatic rings. The average molecular weight is 392 g/mol. The molecule has 0 saturated carbocycles. The number of hydrogen-bond acceptors (Lipinski definition) is 6. The summed E-state index contributed by atoms with van der Waals surface area (Å²) in [7, 11) is 0. The minimum Gasteiger partial charge on any atom is -0.459 e. The van der Waals surface area contributed by atoms with E-state index in [2.05, 4.69) is 20.8 Å². The average Bonchev–Trinajstić information content (AvgIpc) is 3.29. The topological polar surface area (TPSA) is 104 Å². The number of piperazine rings is 1. The minimum absolute atomic E-state index is 0.107. The lowest BCUT2D eigenvalue weighted by Crippen LogP contribution is -2.49. The predicted molar refractivity (Wildman–Crippen MR) is 108 cm³/mol. The van der Waals surface area contributed by atoms with Gasteiger partial charge in [-0.25, -0.2) is 4.79 Å². The number of carbonyl (C=O) groups is 2. The summed E-state index contributed by atoms with van der Waals surface area (Å²) in [6, 6.07) is 15.6. The molecule has 2 aromatic heterocycles. The van der Waals surface area contributed by atoms with Crippen molar-refractivity contribution in [2.45, 2.75) is 0 Å². The summed E-state index contributed by atoms with van der Waals surface area (Å²) in [4.78, 5) is 28.1. The molecule has 1 aromatic carbocycles. The number of benzene rings is 1. The molecule has 9 nitrogen and oxygen atoms in total. The van der Waals surface area contributed by atoms with Gasteiger partial charge in [-0.3, -0.25) is 10.1 Å². The Kier molecular flexibility index (Phi) is 5.37. The Morgan fingerprint density at radius 1 is 0.862 bits per heavy atom. The van der Waals surface area contributed by atoms with Crippen molar-refractivity contribution in [3.63, 3.8) is 0 Å². The summed E-state index contributed by atoms with van der Waals surface area (Å²) in [5, 5.41) is 13.6. The number of rotatable bonds is 4. The molecular weight excluding hydrogens is 372 g/mol. The van der Waals surface area contributed by atoms with Crippen LogP contribution in [0.4, 0.5) is 22.1 Å². The van der Waals surface area contributed by atoms with Gasteiger partial charge in [0.25, 0.3) is 5.91 Å². The van der Waals surface area contributed by atoms with Crippen LogP contribution in [0.15, 0.2) is 65.3 Å². The van der Waals surface area contributed by atoms with Gasteiger partial charge in [0.2, 0.25) is 0 Å². The first-order valence-electron chi connectivity index (χ1n) is 9.23. The van der Waals surface area contributed by atoms with E-state index in [1.165, 1.54) is 6.26 Å². The number of anilines is 3. The normalized spacial score (nSPS) is 13.8. The van der Waals surface area contributed by atoms with E-state index < -0.39 is 0 Å². The largest absolute Gasteiger partial charge is 0.459 e. The molecule has 148 valence electrons. The fourth-order valence-corrected chi connectivity index (χ4v) is 3.06. The molecule has 9 heteroatoms. The first-order valence-corrected chi connectivity index (χ1v) is 9.23. The maximum absolute atomic E-state index is 12.3. The number of aromatic nitrogens is 2. The third kappa shape index (κ3) is 4.52. The standard InChI is InChI=1S/C20H20N6O3/c27-19(16-7-4-14-29-16)26-12-10-25(11-13-26)18-9-8-17(23-24-18)22-20(28)21-15-5-2-1-3-6-15/h1-9,14H,10-13H2,(H2,21,22,23,28). The van der Waals surface area contributed by atoms with Gasteiger partial charge in [0.05, 0.1) is 6.26 Å². The van der Waals surface area contributed by atoms with Gasteiger partial charge in [-0.2, -0.15) is 0 Å². The smallest absolute Gasteiger partial charge is 0.324 e. The molecule has 0 atom stereocenters. The van der Waals surface area contributed by atoms with Crippen molar-refractivity contribution < 1.29 is 14.0 Å². The summed E-state index contributed by atoms with van der Waals surface area (Å²) in [5.41, 5.74) is 0.691. The Balaban J connectivity index is 1.29. The minimum atomic E-state index is -0.386. The fraction of sp³-hybridized carbons (Fsp3) is 0.200. The fourth-order valence-electron chi connectivity index (χ4n) is 3.06. The molecular formula is C20H20N6O3. The summed E-state index contributed by atoms with van der Waals surface area (Å²) in [6.07, 6.45) is 1.49. The van der Waals surface area contributed by atoms with Crippen LogP contribution in [0.25, 0.3) is 0 Å². The van der Waals surface area contributed by atoms with Gasteiger partial charge < -0.3 is 19.5 Å². The molecule has 2 N–H and O–H groups in total. The van der Waals surface area contributed by atoms with E-state index in [1.54, 1.807) is 41.3 Å². The van der Waals surface area contributed by atoms with Crippen molar-refractivity contribution in [3.05, 3.63) is 66.6 Å². The van der Waals surface area contributed by atoms with Crippen LogP contribution in [0.1, 0.15) is 10.6 Å². The third-order valence-electron chi connectivity index (χ3n) is 4.55. The summed E-state index contributed by atoms with van der Waals surface area (Å²) in [6.45, 7) is 2.42. The van der Waals surface area contributed by atoms with E-state index >= 15 is 0 Å². The van der Waals surface area contributed by atoms with Gasteiger partial charge in [-0.1, -0.05) is 18.2 Å². The summed E-state index contributed by atoms with van der Waals surface area (Å²) < 4.78 is 5.18. The lowest BCUT2D eigenvalue weighted by molar-refractivity contribution is 0.0714. The zero-order valence-corrected chi connectivity index (χ0v) is 15.6. The monoisotopic (exact) mass is 392 g/mol. The van der Waals surface area contributed by atoms with E-state index in [0.717, 1.165) is 0 Å². The zero-order valence-electron chi connectivity index (χ0n) is 15.6. The van der Waals surface area contributed by atoms with Crippen molar-refractivity contribution in [2.24, 2.45) is 0 Å². The highest BCUT2D eigenvalue weighted by Crippen LogP contribution is 2.16. The second-order valence-corrected chi connectivity index (χ2v) is 6.48. The highest BCUT2D eigenvalue weighted by atomic mass is 16.3. The number of urea groups is 1. The van der Waals surface area contributed by atoms with Gasteiger partial charge in [0.1, 0.15) is 0 Å². The molecule has 29 heavy (non-hydrogen) atoms. The molecule has 0 unspecified atom stereocenters. The first-order chi connectivity index (χ1) is 14.2. The van der Waals surface area contributed by atoms with Gasteiger partial charge in [-0.15, -0.1) is 10.2 Å². The summed E-state index contributed by atoms with van der Waals surface area (Å²) >= 11 is 0. The van der Waals surface area contributed by atoms with Crippen molar-refractivity contribution in [3.8, 4) is 0 Å². The van der Waals surface area contributed by atoms with Gasteiger partial charge >= 0.3 is 6.03 Å². The Morgan fingerprint density at radius 3 is 2.31 bits per heavy atom. The second kappa shape index (κ2) is 8.42. The highest BCUT2D eigenvalue weighted by molar-refractivity contribution is 5.99. The molecule has 3 amide bonds. The Bertz CT molecular complexity index is 952. The van der Waals surface area contributed by atoms with Gasteiger partial charge in [0.15, 0.2) is 17.4 Å². The number of carbonyl (C=O) groups excluding carboxylic acids is 2. The van der Waals surface area contributed by atoms with Crippen molar-refractivity contribution in [1.82, 2.24) is 15.1 Å². The SMILES string of the molecule is O=C(Nc1ccccc1)Nc1ccc(N2CCN(C(=O)c3ccco3)CC2)nn1. The first kappa shape index (κ1) is 18.5. The van der Waals surface area contributed by atoms with Crippen molar-refractivity contribution >= 4 is 29.3 Å². The van der Waals surface area contributed by atoms with Crippen molar-refractivity contribution in [1.29, 1.82) is 0 Å². The van der Waals surface area contributed by atoms with Crippen LogP contribution in [0.3, 0.4) is 0 Å². The second-order valence-electron chi connectivity index (χ2n) is 6.48. The van der Waals surface area contributed by atoms with E-state index in [-0.39, 0.29) is 11.9 Å². The maximum atomic E-state index is 12.3. The number of hydrogen-bond donors (Lipinski definition) is 2. The van der Waals surface area contributed by atoms with Crippen molar-refractivity contribution in [2.75, 3.05) is 41.7 Å². The molecule has 1 fully saturated rings. The molecule has 0 bridgehead atoms. The lowest BCUT2D eigenvalue weighted by Gasteiger charge is -2.34. The van der Waals surface area contributed by atoms with Crippen LogP contribution >= 0.6 is 0 Å². The number of nitrogens with one attached hydrogen (secondary N) is 2. The lowest BCUT2D eigenvalue weighted by atomic mass is 10.3. The number of para-hydroxylation sites is 1. The molecule has 0 aliphatic carbocycles. The number of nitrogens with zero attached hydrogens (tertiary/aromatic N) is 4. The van der Waals surface area contributed by atoms with E-state index in [1.807, 2.05) is 23.1 Å². The molecule has 0 spiro atoms. The number of furan rings is 1. The molecule has 1 aliphatic heterocycles. The molecule has 3 heterocycles. The molecule has 4 rings (SSSR count). The molecule has 0 radical (unpaired) electrons. The third-order valence-corrected chi connectivity index (χ3v) is 4.55. The highest BCUT2D eigenvalue weighted by Gasteiger charge is 2.24. The van der Waals surface area contributed by atoms with Crippen LogP contribution in [0.5, 0.6) is 0 Å². The van der Waals surface area contributed by atoms with Crippen LogP contribution in [0, 0.1) is 0 Å². The Labute approximate surface area is 167 Å². The molecule has 3 aromatic rings. The summed E-state index contributed by atoms with van der Waals surface area (Å²) in [5.74, 6) is 1.30. The maximum Gasteiger partial charge on any atom is 0.324 e. The van der Waals surface area contributed by atoms with Gasteiger partial charge in [-0.05, 0) is 36.4 Å². The van der Waals surface area contributed by atoms with Crippen LogP contribution < -0.4 is 15.5 Å². The van der Waals surface area contributed by atoms with Crippen LogP contribution in [-0.4, -0.2) is 53.2 Å². The van der Waals surface area contributed by atoms with E-state index in [9.17, 15) is 9.59 Å². The quantitative estimate of drug-likeness (QED) is 0.708. The van der Waals surface area contributed by atoms with E-state index in [4.69, 9.17) is 4.42 Å². The molecule has 1 saturated heterocycles. The zero-order chi connectivity index (χ0) is 20.1. The Hall–Kier alpha value is -3.88.